The van der Waals surface area contributed by atoms with Crippen molar-refractivity contribution in [3.63, 3.8) is 0 Å². The number of fused-ring (bicyclic) bond motifs is 1. The molecular weight excluding hydrogens is 612 g/mol. The van der Waals surface area contributed by atoms with Crippen molar-refractivity contribution in [3.05, 3.63) is 154 Å². The summed E-state index contributed by atoms with van der Waals surface area (Å²) in [7, 11) is 0. The lowest BCUT2D eigenvalue weighted by Gasteiger charge is -2.26. The summed E-state index contributed by atoms with van der Waals surface area (Å²) in [5, 5.41) is 11.2. The van der Waals surface area contributed by atoms with Crippen molar-refractivity contribution in [2.75, 3.05) is 6.61 Å². The van der Waals surface area contributed by atoms with Crippen LogP contribution in [0.15, 0.2) is 100 Å². The molecule has 1 aliphatic heterocycles. The van der Waals surface area contributed by atoms with Crippen LogP contribution >= 0.6 is 11.3 Å². The van der Waals surface area contributed by atoms with Gasteiger partial charge >= 0.3 is 5.97 Å². The molecule has 10 heteroatoms. The van der Waals surface area contributed by atoms with E-state index >= 15 is 0 Å². The van der Waals surface area contributed by atoms with Gasteiger partial charge in [0.2, 0.25) is 0 Å². The minimum absolute atomic E-state index is 0.0167. The number of non-ortho nitro benzene ring substituents is 1. The smallest absolute Gasteiger partial charge is 0.338 e. The van der Waals surface area contributed by atoms with E-state index in [4.69, 9.17) is 9.73 Å². The fraction of sp³-hybridized carbons (Fsp3) is 0.216. The molecule has 0 unspecified atom stereocenters. The Morgan fingerprint density at radius 1 is 1.04 bits per heavy atom. The molecule has 47 heavy (non-hydrogen) atoms. The van der Waals surface area contributed by atoms with Gasteiger partial charge in [-0.05, 0) is 67.7 Å². The van der Waals surface area contributed by atoms with Crippen molar-refractivity contribution in [1.29, 1.82) is 0 Å². The fourth-order valence-electron chi connectivity index (χ4n) is 6.01. The second-order valence-electron chi connectivity index (χ2n) is 11.7. The molecule has 3 heterocycles. The minimum atomic E-state index is -0.753. The average Bonchev–Trinajstić information content (AvgIpc) is 3.53. The van der Waals surface area contributed by atoms with Gasteiger partial charge in [-0.2, -0.15) is 0 Å². The first kappa shape index (κ1) is 31.6. The zero-order chi connectivity index (χ0) is 33.4. The molecule has 0 bridgehead atoms. The normalized spacial score (nSPS) is 14.7. The molecule has 238 valence electrons. The topological polar surface area (TPSA) is 109 Å². The Bertz CT molecular complexity index is 2210. The van der Waals surface area contributed by atoms with E-state index in [0.717, 1.165) is 39.3 Å². The number of nitro groups is 1. The first-order chi connectivity index (χ1) is 22.6. The summed E-state index contributed by atoms with van der Waals surface area (Å²) in [6.45, 7) is 10.1. The van der Waals surface area contributed by atoms with Crippen molar-refractivity contribution >= 4 is 34.8 Å². The highest BCUT2D eigenvalue weighted by Crippen LogP contribution is 2.35. The molecule has 1 aliphatic rings. The molecule has 3 aromatic carbocycles. The first-order valence-electron chi connectivity index (χ1n) is 15.4. The molecule has 0 amide bonds. The van der Waals surface area contributed by atoms with E-state index in [0.29, 0.717) is 26.5 Å². The van der Waals surface area contributed by atoms with Crippen LogP contribution in [-0.4, -0.2) is 26.6 Å². The minimum Gasteiger partial charge on any atom is -0.463 e. The number of hydrogen-bond acceptors (Lipinski definition) is 7. The van der Waals surface area contributed by atoms with E-state index in [-0.39, 0.29) is 17.9 Å². The van der Waals surface area contributed by atoms with Crippen molar-refractivity contribution in [2.24, 2.45) is 4.99 Å². The van der Waals surface area contributed by atoms with E-state index in [9.17, 15) is 19.7 Å². The third kappa shape index (κ3) is 5.88. The first-order valence-corrected chi connectivity index (χ1v) is 16.2. The molecular formula is C37H34N4O5S. The fourth-order valence-corrected chi connectivity index (χ4v) is 7.01. The standard InChI is InChI=1S/C37H34N4O5S/c1-6-46-36(43)32-33(26-10-8-7-9-11-26)38-37-40(34(32)27-14-12-25(13-15-27)22(2)3)35(42)31(47-37)21-28-20-23(4)39(24(28)5)29-16-18-30(19-17-29)41(44)45/h7-22,34H,6H2,1-5H3/b31-21-/t34-/m0/s1. The highest BCUT2D eigenvalue weighted by Gasteiger charge is 2.35. The van der Waals surface area contributed by atoms with Gasteiger partial charge < -0.3 is 9.30 Å². The van der Waals surface area contributed by atoms with Gasteiger partial charge in [-0.15, -0.1) is 0 Å². The van der Waals surface area contributed by atoms with Crippen molar-refractivity contribution < 1.29 is 14.5 Å². The molecule has 0 radical (unpaired) electrons. The lowest BCUT2D eigenvalue weighted by atomic mass is 9.91. The number of aryl methyl sites for hydroxylation is 1. The zero-order valence-electron chi connectivity index (χ0n) is 26.8. The molecule has 0 aliphatic carbocycles. The van der Waals surface area contributed by atoms with Crippen molar-refractivity contribution in [2.45, 2.75) is 46.6 Å². The van der Waals surface area contributed by atoms with Crippen LogP contribution in [-0.2, 0) is 9.53 Å². The summed E-state index contributed by atoms with van der Waals surface area (Å²) >= 11 is 1.27. The van der Waals surface area contributed by atoms with E-state index in [1.165, 1.54) is 23.5 Å². The molecule has 5 aromatic rings. The zero-order valence-corrected chi connectivity index (χ0v) is 27.6. The summed E-state index contributed by atoms with van der Waals surface area (Å²) < 4.78 is 9.65. The summed E-state index contributed by atoms with van der Waals surface area (Å²) in [5.74, 6) is -0.204. The summed E-state index contributed by atoms with van der Waals surface area (Å²) in [6, 6.07) is 25.1. The van der Waals surface area contributed by atoms with Crippen molar-refractivity contribution in [3.8, 4) is 5.69 Å². The predicted octanol–water partition coefficient (Wildman–Crippen LogP) is 6.37. The monoisotopic (exact) mass is 646 g/mol. The van der Waals surface area contributed by atoms with Gasteiger partial charge in [-0.3, -0.25) is 19.5 Å². The molecule has 1 atom stereocenters. The summed E-state index contributed by atoms with van der Waals surface area (Å²) in [5.41, 5.74) is 6.62. The number of nitrogens with zero attached hydrogens (tertiary/aromatic N) is 4. The number of benzene rings is 3. The Morgan fingerprint density at radius 2 is 1.72 bits per heavy atom. The number of carbonyl (C=O) groups is 1. The molecule has 0 saturated heterocycles. The third-order valence-corrected chi connectivity index (χ3v) is 9.35. The van der Waals surface area contributed by atoms with Crippen LogP contribution in [0.3, 0.4) is 0 Å². The molecule has 9 nitrogen and oxygen atoms in total. The van der Waals surface area contributed by atoms with Crippen LogP contribution in [0.4, 0.5) is 5.69 Å². The Hall–Kier alpha value is -5.35. The van der Waals surface area contributed by atoms with Gasteiger partial charge in [-0.25, -0.2) is 9.79 Å². The number of esters is 1. The Labute approximate surface area is 275 Å². The number of nitro benzene ring substituents is 1. The number of ether oxygens (including phenoxy) is 1. The maximum absolute atomic E-state index is 14.4. The molecule has 6 rings (SSSR count). The van der Waals surface area contributed by atoms with Gasteiger partial charge in [0.1, 0.15) is 0 Å². The number of thiazole rings is 1. The highest BCUT2D eigenvalue weighted by atomic mass is 32.1. The molecule has 0 spiro atoms. The maximum atomic E-state index is 14.4. The highest BCUT2D eigenvalue weighted by molar-refractivity contribution is 7.07. The maximum Gasteiger partial charge on any atom is 0.338 e. The van der Waals surface area contributed by atoms with Crippen LogP contribution in [0.1, 0.15) is 66.4 Å². The Balaban J connectivity index is 1.56. The Morgan fingerprint density at radius 3 is 2.34 bits per heavy atom. The van der Waals surface area contributed by atoms with Gasteiger partial charge in [0.25, 0.3) is 11.2 Å². The van der Waals surface area contributed by atoms with Crippen LogP contribution in [0, 0.1) is 24.0 Å². The van der Waals surface area contributed by atoms with Gasteiger partial charge in [-0.1, -0.05) is 79.8 Å². The summed E-state index contributed by atoms with van der Waals surface area (Å²) in [4.78, 5) is 44.3. The van der Waals surface area contributed by atoms with E-state index in [1.807, 2.05) is 85.2 Å². The second-order valence-corrected chi connectivity index (χ2v) is 12.7. The van der Waals surface area contributed by atoms with Crippen LogP contribution < -0.4 is 14.9 Å². The number of rotatable bonds is 8. The molecule has 0 saturated carbocycles. The van der Waals surface area contributed by atoms with Crippen LogP contribution in [0.25, 0.3) is 17.5 Å². The summed E-state index contributed by atoms with van der Waals surface area (Å²) in [6.07, 6.45) is 1.85. The lowest BCUT2D eigenvalue weighted by Crippen LogP contribution is -2.40. The SMILES string of the molecule is CCOC(=O)C1=C(c2ccccc2)N=c2s/c(=C\c3cc(C)n(-c4ccc([N+](=O)[O-])cc4)c3C)c(=O)n2[C@H]1c1ccc(C(C)C)cc1. The molecule has 0 fully saturated rings. The quantitative estimate of drug-likeness (QED) is 0.111. The molecule has 0 N–H and O–H groups in total. The van der Waals surface area contributed by atoms with E-state index in [1.54, 1.807) is 23.6 Å². The van der Waals surface area contributed by atoms with E-state index < -0.39 is 16.9 Å². The number of carbonyl (C=O) groups excluding carboxylic acids is 1. The molecule has 2 aromatic heterocycles. The van der Waals surface area contributed by atoms with Gasteiger partial charge in [0, 0.05) is 34.8 Å². The third-order valence-electron chi connectivity index (χ3n) is 8.37. The van der Waals surface area contributed by atoms with Gasteiger partial charge in [0.05, 0.1) is 33.4 Å². The predicted molar refractivity (Wildman–Crippen MR) is 183 cm³/mol. The number of hydrogen-bond donors (Lipinski definition) is 0. The van der Waals surface area contributed by atoms with Crippen LogP contribution in [0.2, 0.25) is 0 Å². The average molecular weight is 647 g/mol. The second kappa shape index (κ2) is 12.8. The largest absolute Gasteiger partial charge is 0.463 e. The van der Waals surface area contributed by atoms with Crippen LogP contribution in [0.5, 0.6) is 0 Å². The van der Waals surface area contributed by atoms with Gasteiger partial charge in [0.15, 0.2) is 4.80 Å². The lowest BCUT2D eigenvalue weighted by molar-refractivity contribution is -0.384. The Kier molecular flexibility index (Phi) is 8.62. The van der Waals surface area contributed by atoms with E-state index in [2.05, 4.69) is 13.8 Å². The van der Waals surface area contributed by atoms with Crippen molar-refractivity contribution in [1.82, 2.24) is 9.13 Å². The number of aromatic nitrogens is 2.